The van der Waals surface area contributed by atoms with Crippen LogP contribution in [0.25, 0.3) is 0 Å². The van der Waals surface area contributed by atoms with E-state index in [2.05, 4.69) is 26.1 Å². The summed E-state index contributed by atoms with van der Waals surface area (Å²) in [4.78, 5) is 0. The van der Waals surface area contributed by atoms with Crippen LogP contribution in [0.4, 0.5) is 0 Å². The van der Waals surface area contributed by atoms with Gasteiger partial charge in [-0.1, -0.05) is 50.6 Å². The average Bonchev–Trinajstić information content (AvgIpc) is 2.46. The molecule has 0 amide bonds. The molecule has 4 heteroatoms. The van der Waals surface area contributed by atoms with Gasteiger partial charge in [0.1, 0.15) is 0 Å². The predicted molar refractivity (Wildman–Crippen MR) is 89.0 cm³/mol. The van der Waals surface area contributed by atoms with Crippen LogP contribution >= 0.6 is 11.6 Å². The van der Waals surface area contributed by atoms with Crippen molar-refractivity contribution in [1.82, 2.24) is 5.32 Å². The summed E-state index contributed by atoms with van der Waals surface area (Å²) < 4.78 is 11.5. The number of halogens is 1. The smallest absolute Gasteiger partial charge is 0.0964 e. The molecule has 1 aromatic carbocycles. The highest BCUT2D eigenvalue weighted by Crippen LogP contribution is 2.25. The van der Waals surface area contributed by atoms with Crippen molar-refractivity contribution in [2.45, 2.75) is 33.3 Å². The molecule has 1 rings (SSSR count). The van der Waals surface area contributed by atoms with Crippen LogP contribution in [0, 0.1) is 5.92 Å². The Hall–Kier alpha value is -0.610. The highest BCUT2D eigenvalue weighted by Gasteiger charge is 2.14. The van der Waals surface area contributed by atoms with Crippen molar-refractivity contribution < 1.29 is 9.47 Å². The molecule has 0 bridgehead atoms. The minimum absolute atomic E-state index is 0.0344. The molecule has 1 atom stereocenters. The van der Waals surface area contributed by atoms with Crippen LogP contribution in [-0.4, -0.2) is 32.9 Å². The van der Waals surface area contributed by atoms with Crippen LogP contribution in [0.2, 0.25) is 5.02 Å². The van der Waals surface area contributed by atoms with Gasteiger partial charge in [0.15, 0.2) is 0 Å². The topological polar surface area (TPSA) is 30.5 Å². The Bertz CT molecular complexity index is 385. The van der Waals surface area contributed by atoms with E-state index >= 15 is 0 Å². The first kappa shape index (κ1) is 18.4. The SMILES string of the molecule is CCCNCC(OCCOCC(C)C)c1ccccc1Cl. The fraction of sp³-hybridized carbons (Fsp3) is 0.647. The largest absolute Gasteiger partial charge is 0.379 e. The minimum atomic E-state index is -0.0344. The maximum atomic E-state index is 6.27. The zero-order chi connectivity index (χ0) is 15.5. The van der Waals surface area contributed by atoms with Gasteiger partial charge in [-0.05, 0) is 24.9 Å². The molecule has 1 N–H and O–H groups in total. The first-order chi connectivity index (χ1) is 10.1. The van der Waals surface area contributed by atoms with Gasteiger partial charge in [-0.2, -0.15) is 0 Å². The van der Waals surface area contributed by atoms with Crippen molar-refractivity contribution in [2.75, 3.05) is 32.9 Å². The molecule has 0 saturated carbocycles. The second-order valence-corrected chi connectivity index (χ2v) is 5.96. The van der Waals surface area contributed by atoms with E-state index in [1.807, 2.05) is 24.3 Å². The van der Waals surface area contributed by atoms with Crippen LogP contribution < -0.4 is 5.32 Å². The van der Waals surface area contributed by atoms with E-state index in [0.717, 1.165) is 36.7 Å². The standard InChI is InChI=1S/C17H28ClNO2/c1-4-9-19-12-17(15-7-5-6-8-16(15)18)21-11-10-20-13-14(2)3/h5-8,14,17,19H,4,9-13H2,1-3H3. The number of hydrogen-bond acceptors (Lipinski definition) is 3. The number of nitrogens with one attached hydrogen (secondary N) is 1. The lowest BCUT2D eigenvalue weighted by Gasteiger charge is -2.20. The Kier molecular flexibility index (Phi) is 9.68. The van der Waals surface area contributed by atoms with Gasteiger partial charge in [-0.25, -0.2) is 0 Å². The molecule has 1 unspecified atom stereocenters. The highest BCUT2D eigenvalue weighted by atomic mass is 35.5. The third kappa shape index (κ3) is 7.82. The summed E-state index contributed by atoms with van der Waals surface area (Å²) in [5.41, 5.74) is 1.03. The van der Waals surface area contributed by atoms with Gasteiger partial charge in [-0.3, -0.25) is 0 Å². The van der Waals surface area contributed by atoms with E-state index < -0.39 is 0 Å². The van der Waals surface area contributed by atoms with E-state index in [1.54, 1.807) is 0 Å². The molecule has 0 aliphatic heterocycles. The van der Waals surface area contributed by atoms with Gasteiger partial charge in [0.05, 0.1) is 19.3 Å². The quantitative estimate of drug-likeness (QED) is 0.625. The lowest BCUT2D eigenvalue weighted by Crippen LogP contribution is -2.25. The minimum Gasteiger partial charge on any atom is -0.379 e. The molecule has 1 aromatic rings. The van der Waals surface area contributed by atoms with Crippen LogP contribution in [0.3, 0.4) is 0 Å². The highest BCUT2D eigenvalue weighted by molar-refractivity contribution is 6.31. The molecule has 3 nitrogen and oxygen atoms in total. The number of ether oxygens (including phenoxy) is 2. The molecule has 0 aliphatic carbocycles. The first-order valence-electron chi connectivity index (χ1n) is 7.79. The number of hydrogen-bond donors (Lipinski definition) is 1. The number of benzene rings is 1. The molecule has 21 heavy (non-hydrogen) atoms. The van der Waals surface area contributed by atoms with E-state index in [-0.39, 0.29) is 6.10 Å². The Morgan fingerprint density at radius 1 is 1.19 bits per heavy atom. The summed E-state index contributed by atoms with van der Waals surface area (Å²) in [6.45, 7) is 10.1. The molecule has 0 spiro atoms. The molecule has 0 fully saturated rings. The summed E-state index contributed by atoms with van der Waals surface area (Å²) in [6.07, 6.45) is 1.07. The third-order valence-electron chi connectivity index (χ3n) is 3.01. The maximum Gasteiger partial charge on any atom is 0.0964 e. The maximum absolute atomic E-state index is 6.27. The van der Waals surface area contributed by atoms with Gasteiger partial charge >= 0.3 is 0 Å². The van der Waals surface area contributed by atoms with Crippen LogP contribution in [0.15, 0.2) is 24.3 Å². The Labute approximate surface area is 134 Å². The second kappa shape index (κ2) is 11.0. The van der Waals surface area contributed by atoms with E-state index in [0.29, 0.717) is 19.1 Å². The molecular weight excluding hydrogens is 286 g/mol. The van der Waals surface area contributed by atoms with Crippen molar-refractivity contribution in [2.24, 2.45) is 5.92 Å². The molecule has 0 radical (unpaired) electrons. The van der Waals surface area contributed by atoms with Gasteiger partial charge < -0.3 is 14.8 Å². The second-order valence-electron chi connectivity index (χ2n) is 5.55. The van der Waals surface area contributed by atoms with E-state index in [9.17, 15) is 0 Å². The van der Waals surface area contributed by atoms with Crippen molar-refractivity contribution in [1.29, 1.82) is 0 Å². The van der Waals surface area contributed by atoms with Crippen molar-refractivity contribution >= 4 is 11.6 Å². The molecule has 0 heterocycles. The zero-order valence-electron chi connectivity index (χ0n) is 13.4. The molecule has 120 valence electrons. The van der Waals surface area contributed by atoms with Gasteiger partial charge in [0.2, 0.25) is 0 Å². The molecule has 0 saturated heterocycles. The summed E-state index contributed by atoms with van der Waals surface area (Å²) in [6, 6.07) is 7.86. The lowest BCUT2D eigenvalue weighted by atomic mass is 10.1. The Morgan fingerprint density at radius 3 is 2.62 bits per heavy atom. The van der Waals surface area contributed by atoms with Gasteiger partial charge in [-0.15, -0.1) is 0 Å². The van der Waals surface area contributed by atoms with Crippen LogP contribution in [0.1, 0.15) is 38.9 Å². The molecule has 0 aromatic heterocycles. The molecular formula is C17H28ClNO2. The van der Waals surface area contributed by atoms with E-state index in [1.165, 1.54) is 0 Å². The summed E-state index contributed by atoms with van der Waals surface area (Å²) in [5, 5.41) is 4.15. The summed E-state index contributed by atoms with van der Waals surface area (Å²) >= 11 is 6.27. The Balaban J connectivity index is 2.47. The zero-order valence-corrected chi connectivity index (χ0v) is 14.2. The number of rotatable bonds is 11. The van der Waals surface area contributed by atoms with Gasteiger partial charge in [0.25, 0.3) is 0 Å². The van der Waals surface area contributed by atoms with Crippen LogP contribution in [0.5, 0.6) is 0 Å². The predicted octanol–water partition coefficient (Wildman–Crippen LogP) is 4.07. The average molecular weight is 314 g/mol. The summed E-state index contributed by atoms with van der Waals surface area (Å²) in [5.74, 6) is 0.551. The molecule has 0 aliphatic rings. The van der Waals surface area contributed by atoms with Crippen molar-refractivity contribution in [3.8, 4) is 0 Å². The fourth-order valence-electron chi connectivity index (χ4n) is 1.97. The van der Waals surface area contributed by atoms with Gasteiger partial charge in [0, 0.05) is 23.7 Å². The van der Waals surface area contributed by atoms with Crippen molar-refractivity contribution in [3.63, 3.8) is 0 Å². The third-order valence-corrected chi connectivity index (χ3v) is 3.35. The monoisotopic (exact) mass is 313 g/mol. The first-order valence-corrected chi connectivity index (χ1v) is 8.17. The summed E-state index contributed by atoms with van der Waals surface area (Å²) in [7, 11) is 0. The normalized spacial score (nSPS) is 12.8. The van der Waals surface area contributed by atoms with Crippen LogP contribution in [-0.2, 0) is 9.47 Å². The lowest BCUT2D eigenvalue weighted by molar-refractivity contribution is -0.00120. The van der Waals surface area contributed by atoms with E-state index in [4.69, 9.17) is 21.1 Å². The van der Waals surface area contributed by atoms with Crippen molar-refractivity contribution in [3.05, 3.63) is 34.9 Å². The fourth-order valence-corrected chi connectivity index (χ4v) is 2.23. The Morgan fingerprint density at radius 2 is 1.95 bits per heavy atom.